The molecule has 0 saturated carbocycles. The van der Waals surface area contributed by atoms with Gasteiger partial charge in [0.15, 0.2) is 0 Å². The summed E-state index contributed by atoms with van der Waals surface area (Å²) in [6.07, 6.45) is 11.5. The molecule has 10 aromatic heterocycles. The van der Waals surface area contributed by atoms with Crippen molar-refractivity contribution >= 4 is 46.4 Å². The van der Waals surface area contributed by atoms with Crippen molar-refractivity contribution in [3.63, 3.8) is 0 Å². The molecular formula is C106H94N16O4. The van der Waals surface area contributed by atoms with Gasteiger partial charge in [-0.2, -0.15) is 0 Å². The van der Waals surface area contributed by atoms with E-state index >= 15 is 0 Å². The van der Waals surface area contributed by atoms with Crippen LogP contribution in [0.4, 0.5) is 43.8 Å². The van der Waals surface area contributed by atoms with Crippen molar-refractivity contribution < 1.29 is 19.1 Å². The molecule has 0 spiro atoms. The zero-order chi connectivity index (χ0) is 88.8. The Labute approximate surface area is 734 Å². The minimum absolute atomic E-state index is 0.375. The van der Waals surface area contributed by atoms with Crippen molar-refractivity contribution in [3.05, 3.63) is 395 Å². The summed E-state index contributed by atoms with van der Waals surface area (Å²) >= 11 is 0. The Balaban J connectivity index is 0.000000136. The Kier molecular flexibility index (Phi) is 28.5. The number of aryl methyl sites for hydroxylation is 11. The molecule has 0 radical (unpaired) electrons. The molecule has 0 aliphatic carbocycles. The molecule has 20 heteroatoms. The number of nitrogens with one attached hydrogen (secondary N) is 2. The summed E-state index contributed by atoms with van der Waals surface area (Å²) in [5.74, 6) is 1.34. The molecule has 20 nitrogen and oxygen atoms in total. The number of nitrogens with two attached hydrogens (primary N) is 3. The molecule has 622 valence electrons. The summed E-state index contributed by atoms with van der Waals surface area (Å²) in [6.45, 7) is 28.8. The number of pyridine rings is 10. The number of benzene rings is 7. The summed E-state index contributed by atoms with van der Waals surface area (Å²) in [5, 5.41) is 5.73. The molecule has 0 aliphatic rings. The Morgan fingerprint density at radius 2 is 0.563 bits per heavy atom. The molecule has 126 heavy (non-hydrogen) atoms. The predicted octanol–water partition coefficient (Wildman–Crippen LogP) is 25.0. The number of ether oxygens (including phenoxy) is 2. The third-order valence-corrected chi connectivity index (χ3v) is 20.1. The zero-order valence-electron chi connectivity index (χ0n) is 71.9. The Morgan fingerprint density at radius 3 is 0.849 bits per heavy atom. The molecule has 0 bridgehead atoms. The number of nitrogen functional groups attached to an aromatic ring is 3. The van der Waals surface area contributed by atoms with Crippen LogP contribution >= 0.6 is 0 Å². The SMILES string of the molecule is Cc1ccc(-c2nc(-c3ccccc3)c(N)cc2C)cn1.Cc1ccc(OC(=O)Nc2cc(C)c(-c3ccc(C)nc3)nc2-c2ccccc2)cc1.Cc1ccc(OC(=O)Nc2cc(C)c(-c3cncc(C)c3)nc2-c2ccccc2)cc1.Cc1cncc(-c2nc(-c3ccccc3)c(N)cc2C)c1.[C-]#[N+]c1ccc(-c2nc(-c3ccccc3)c(N)cc2C)cn1. The monoisotopic (exact) mass is 1650 g/mol. The number of carbonyl (C=O) groups excluding carboxylic acids is 2. The molecule has 0 fully saturated rings. The van der Waals surface area contributed by atoms with Crippen LogP contribution in [0.25, 0.3) is 117 Å². The highest BCUT2D eigenvalue weighted by Crippen LogP contribution is 2.38. The maximum absolute atomic E-state index is 12.6. The van der Waals surface area contributed by atoms with Crippen LogP contribution in [0.2, 0.25) is 0 Å². The highest BCUT2D eigenvalue weighted by atomic mass is 16.6. The van der Waals surface area contributed by atoms with Gasteiger partial charge in [-0.05, 0) is 212 Å². The average molecular weight is 1660 g/mol. The van der Waals surface area contributed by atoms with Crippen molar-refractivity contribution in [1.82, 2.24) is 49.8 Å². The normalized spacial score (nSPS) is 10.5. The largest absolute Gasteiger partial charge is 0.417 e. The predicted molar refractivity (Wildman–Crippen MR) is 508 cm³/mol. The van der Waals surface area contributed by atoms with E-state index in [4.69, 9.17) is 58.2 Å². The van der Waals surface area contributed by atoms with Crippen LogP contribution in [0.3, 0.4) is 0 Å². The molecule has 17 rings (SSSR count). The van der Waals surface area contributed by atoms with E-state index in [-0.39, 0.29) is 0 Å². The standard InChI is InChI=1S/2C26H23N3O2.C18H14N4.2C18H17N3/c1-17-9-13-22(14-10-17)31-26(30)28-23-15-18(2)24(21-12-11-19(3)27-16-21)29-25(23)20-7-5-4-6-8-20;1-17-9-11-22(12-10-17)31-26(30)28-23-14-19(3)24(21-13-18(2)15-27-16-21)29-25(23)20-7-5-4-6-8-20;1-12-10-15(19)18(13-6-4-3-5-7-13)22-17(12)14-8-9-16(20-2)21-11-14;1-12-8-15(11-20-10-12)17-13(2)9-16(19)18(21-17)14-6-4-3-5-7-14;1-12-10-16(19)18(14-6-4-3-5-7-14)21-17(12)15-9-8-13(2)20-11-15/h2*4-16H,1-3H3,(H,28,30);3-11H,19H2,1H3;2*3-11H,19H2,1-2H3. The maximum atomic E-state index is 12.6. The van der Waals surface area contributed by atoms with Gasteiger partial charge in [0.2, 0.25) is 0 Å². The van der Waals surface area contributed by atoms with Crippen LogP contribution in [-0.4, -0.2) is 62.0 Å². The molecular weight excluding hydrogens is 1560 g/mol. The summed E-state index contributed by atoms with van der Waals surface area (Å²) in [7, 11) is 0. The molecule has 0 atom stereocenters. The molecule has 7 aromatic carbocycles. The van der Waals surface area contributed by atoms with Gasteiger partial charge >= 0.3 is 12.2 Å². The van der Waals surface area contributed by atoms with Crippen LogP contribution in [0.5, 0.6) is 11.5 Å². The lowest BCUT2D eigenvalue weighted by molar-refractivity contribution is 0.214. The van der Waals surface area contributed by atoms with E-state index in [1.807, 2.05) is 344 Å². The van der Waals surface area contributed by atoms with Crippen molar-refractivity contribution in [3.8, 4) is 124 Å². The summed E-state index contributed by atoms with van der Waals surface area (Å²) in [6, 6.07) is 89.5. The van der Waals surface area contributed by atoms with E-state index < -0.39 is 12.2 Å². The number of hydrogen-bond donors (Lipinski definition) is 5. The second-order valence-corrected chi connectivity index (χ2v) is 30.3. The smallest absolute Gasteiger partial charge is 0.410 e. The van der Waals surface area contributed by atoms with Gasteiger partial charge < -0.3 is 31.5 Å². The molecule has 0 aliphatic heterocycles. The van der Waals surface area contributed by atoms with Gasteiger partial charge in [-0.1, -0.05) is 200 Å². The maximum Gasteiger partial charge on any atom is 0.417 e. The van der Waals surface area contributed by atoms with Crippen molar-refractivity contribution in [1.29, 1.82) is 0 Å². The van der Waals surface area contributed by atoms with Crippen LogP contribution in [0.1, 0.15) is 61.5 Å². The average Bonchev–Trinajstić information content (AvgIpc) is 0.790. The van der Waals surface area contributed by atoms with Crippen molar-refractivity contribution in [2.45, 2.75) is 76.2 Å². The number of aromatic nitrogens is 10. The van der Waals surface area contributed by atoms with Crippen LogP contribution < -0.4 is 37.3 Å². The first-order valence-electron chi connectivity index (χ1n) is 40.7. The first kappa shape index (κ1) is 87.3. The number of anilines is 5. The van der Waals surface area contributed by atoms with Gasteiger partial charge in [0.05, 0.1) is 85.4 Å². The molecule has 2 amide bonds. The van der Waals surface area contributed by atoms with E-state index in [9.17, 15) is 9.59 Å². The number of hydrogen-bond acceptors (Lipinski definition) is 17. The van der Waals surface area contributed by atoms with E-state index in [1.165, 1.54) is 0 Å². The topological polar surface area (TPSA) is 288 Å². The number of carbonyl (C=O) groups is 2. The van der Waals surface area contributed by atoms with E-state index in [0.29, 0.717) is 57.1 Å². The summed E-state index contributed by atoms with van der Waals surface area (Å²) in [5.41, 5.74) is 50.6. The zero-order valence-corrected chi connectivity index (χ0v) is 71.9. The van der Waals surface area contributed by atoms with Crippen LogP contribution in [0.15, 0.2) is 322 Å². The Morgan fingerprint density at radius 1 is 0.278 bits per heavy atom. The fourth-order valence-corrected chi connectivity index (χ4v) is 13.8. The minimum Gasteiger partial charge on any atom is -0.410 e. The lowest BCUT2D eigenvalue weighted by Crippen LogP contribution is -2.18. The minimum atomic E-state index is -0.563. The quantitative estimate of drug-likeness (QED) is 0.0632. The third-order valence-electron chi connectivity index (χ3n) is 20.1. The second kappa shape index (κ2) is 41.2. The van der Waals surface area contributed by atoms with Crippen molar-refractivity contribution in [2.24, 2.45) is 0 Å². The van der Waals surface area contributed by atoms with Gasteiger partial charge in [0.1, 0.15) is 17.7 Å². The Hall–Kier alpha value is -16.5. The fourth-order valence-electron chi connectivity index (χ4n) is 13.8. The first-order chi connectivity index (χ1) is 61.0. The van der Waals surface area contributed by atoms with Crippen LogP contribution in [-0.2, 0) is 0 Å². The lowest BCUT2D eigenvalue weighted by atomic mass is 10.0. The highest BCUT2D eigenvalue weighted by Gasteiger charge is 2.21. The third kappa shape index (κ3) is 22.7. The number of rotatable bonds is 14. The summed E-state index contributed by atoms with van der Waals surface area (Å²) in [4.78, 5) is 74.0. The second-order valence-electron chi connectivity index (χ2n) is 30.3. The van der Waals surface area contributed by atoms with Gasteiger partial charge in [-0.15, -0.1) is 4.98 Å². The highest BCUT2D eigenvalue weighted by molar-refractivity contribution is 5.94. The van der Waals surface area contributed by atoms with E-state index in [0.717, 1.165) is 163 Å². The molecule has 0 unspecified atom stereocenters. The van der Waals surface area contributed by atoms with Gasteiger partial charge in [0.25, 0.3) is 5.82 Å². The Bertz CT molecular complexity index is 6690. The lowest BCUT2D eigenvalue weighted by Gasteiger charge is -2.15. The van der Waals surface area contributed by atoms with Gasteiger partial charge in [0, 0.05) is 104 Å². The molecule has 10 heterocycles. The van der Waals surface area contributed by atoms with E-state index in [1.54, 1.807) is 42.7 Å². The van der Waals surface area contributed by atoms with Gasteiger partial charge in [-0.3, -0.25) is 30.6 Å². The fraction of sp³-hybridized carbons (Fsp3) is 0.104. The molecule has 8 N–H and O–H groups in total. The van der Waals surface area contributed by atoms with Gasteiger partial charge in [-0.25, -0.2) is 34.5 Å². The molecule has 17 aromatic rings. The first-order valence-corrected chi connectivity index (χ1v) is 40.7. The summed E-state index contributed by atoms with van der Waals surface area (Å²) < 4.78 is 10.9. The van der Waals surface area contributed by atoms with E-state index in [2.05, 4.69) is 52.5 Å². The number of nitrogens with zero attached hydrogens (tertiary/aromatic N) is 11. The number of amides is 2. The molecule has 0 saturated heterocycles. The van der Waals surface area contributed by atoms with Crippen molar-refractivity contribution in [2.75, 3.05) is 27.8 Å². The van der Waals surface area contributed by atoms with Crippen LogP contribution in [0, 0.1) is 82.7 Å².